The zero-order valence-corrected chi connectivity index (χ0v) is 14.5. The van der Waals surface area contributed by atoms with Crippen molar-refractivity contribution in [1.29, 1.82) is 0 Å². The largest absolute Gasteiger partial charge is 0.330 e. The third-order valence-corrected chi connectivity index (χ3v) is 5.03. The highest BCUT2D eigenvalue weighted by molar-refractivity contribution is 5.74. The summed E-state index contributed by atoms with van der Waals surface area (Å²) in [6, 6.07) is 5.58. The number of aromatic amines is 1. The normalized spacial score (nSPS) is 21.8. The van der Waals surface area contributed by atoms with Gasteiger partial charge in [-0.2, -0.15) is 5.10 Å². The molecule has 1 aliphatic heterocycles. The van der Waals surface area contributed by atoms with Crippen molar-refractivity contribution in [3.05, 3.63) is 41.7 Å². The number of likely N-dealkylation sites (tertiary alicyclic amines) is 1. The van der Waals surface area contributed by atoms with Crippen LogP contribution in [0.25, 0.3) is 0 Å². The van der Waals surface area contributed by atoms with Crippen LogP contribution in [0.1, 0.15) is 67.8 Å². The molecule has 4 rings (SSSR count). The van der Waals surface area contributed by atoms with E-state index in [4.69, 9.17) is 0 Å². The summed E-state index contributed by atoms with van der Waals surface area (Å²) in [6.45, 7) is 3.40. The Morgan fingerprint density at radius 3 is 2.96 bits per heavy atom. The van der Waals surface area contributed by atoms with Crippen LogP contribution in [0.3, 0.4) is 0 Å². The van der Waals surface area contributed by atoms with Gasteiger partial charge in [0.05, 0.1) is 11.7 Å². The van der Waals surface area contributed by atoms with Gasteiger partial charge >= 0.3 is 6.03 Å². The lowest BCUT2D eigenvalue weighted by molar-refractivity contribution is 0.175. The minimum Gasteiger partial charge on any atom is -0.330 e. The first-order valence-corrected chi connectivity index (χ1v) is 9.09. The highest BCUT2D eigenvalue weighted by Gasteiger charge is 2.31. The number of carbonyl (C=O) groups is 1. The molecule has 0 radical (unpaired) electrons. The van der Waals surface area contributed by atoms with E-state index in [0.717, 1.165) is 36.7 Å². The van der Waals surface area contributed by atoms with Crippen LogP contribution in [-0.4, -0.2) is 44.2 Å². The minimum atomic E-state index is -0.112. The van der Waals surface area contributed by atoms with E-state index in [1.165, 1.54) is 12.8 Å². The van der Waals surface area contributed by atoms with Crippen molar-refractivity contribution in [2.75, 3.05) is 13.1 Å². The van der Waals surface area contributed by atoms with E-state index in [1.54, 1.807) is 6.20 Å². The molecule has 2 N–H and O–H groups in total. The Hall–Kier alpha value is -2.44. The van der Waals surface area contributed by atoms with Crippen LogP contribution >= 0.6 is 0 Å². The summed E-state index contributed by atoms with van der Waals surface area (Å²) in [5, 5.41) is 10.5. The molecule has 3 heterocycles. The second kappa shape index (κ2) is 6.82. The standard InChI is InChI=1S/C18H24N6O/c1-12(15-6-2-3-9-19-15)20-18(25)24-10-4-5-14(11-24)17-21-16(22-23-17)13-7-8-13/h2-3,6,9,12-14H,4-5,7-8,10-11H2,1H3,(H,20,25)(H,21,22,23). The van der Waals surface area contributed by atoms with Gasteiger partial charge in [0.25, 0.3) is 0 Å². The number of hydrogen-bond acceptors (Lipinski definition) is 4. The molecular formula is C18H24N6O. The molecule has 2 fully saturated rings. The molecule has 7 heteroatoms. The van der Waals surface area contributed by atoms with Gasteiger partial charge in [0.2, 0.25) is 0 Å². The number of piperidine rings is 1. The highest BCUT2D eigenvalue weighted by Crippen LogP contribution is 2.38. The van der Waals surface area contributed by atoms with Crippen LogP contribution < -0.4 is 5.32 Å². The number of carbonyl (C=O) groups excluding carboxylic acids is 1. The Labute approximate surface area is 147 Å². The first-order chi connectivity index (χ1) is 12.2. The van der Waals surface area contributed by atoms with E-state index in [9.17, 15) is 4.79 Å². The average Bonchev–Trinajstić information content (AvgIpc) is 3.39. The topological polar surface area (TPSA) is 86.8 Å². The van der Waals surface area contributed by atoms with Crippen molar-refractivity contribution in [2.24, 2.45) is 0 Å². The molecule has 2 aliphatic rings. The van der Waals surface area contributed by atoms with Gasteiger partial charge in [0, 0.05) is 31.1 Å². The van der Waals surface area contributed by atoms with Crippen LogP contribution in [0, 0.1) is 0 Å². The summed E-state index contributed by atoms with van der Waals surface area (Å²) >= 11 is 0. The van der Waals surface area contributed by atoms with Gasteiger partial charge in [-0.05, 0) is 44.7 Å². The van der Waals surface area contributed by atoms with Crippen LogP contribution in [-0.2, 0) is 0 Å². The lowest BCUT2D eigenvalue weighted by Crippen LogP contribution is -2.45. The van der Waals surface area contributed by atoms with Crippen molar-refractivity contribution in [3.8, 4) is 0 Å². The van der Waals surface area contributed by atoms with Crippen molar-refractivity contribution < 1.29 is 4.79 Å². The van der Waals surface area contributed by atoms with Crippen molar-refractivity contribution in [2.45, 2.75) is 50.5 Å². The molecule has 2 aromatic heterocycles. The monoisotopic (exact) mass is 340 g/mol. The smallest absolute Gasteiger partial charge is 0.317 e. The summed E-state index contributed by atoms with van der Waals surface area (Å²) in [5.41, 5.74) is 0.868. The maximum atomic E-state index is 12.6. The Kier molecular flexibility index (Phi) is 4.38. The number of rotatable bonds is 4. The third-order valence-electron chi connectivity index (χ3n) is 5.03. The molecule has 1 saturated heterocycles. The molecule has 1 aliphatic carbocycles. The van der Waals surface area contributed by atoms with Gasteiger partial charge < -0.3 is 10.2 Å². The Bertz CT molecular complexity index is 726. The highest BCUT2D eigenvalue weighted by atomic mass is 16.2. The summed E-state index contributed by atoms with van der Waals surface area (Å²) in [5.74, 6) is 2.66. The lowest BCUT2D eigenvalue weighted by Gasteiger charge is -2.32. The fraction of sp³-hybridized carbons (Fsp3) is 0.556. The van der Waals surface area contributed by atoms with E-state index >= 15 is 0 Å². The number of H-pyrrole nitrogens is 1. The second-order valence-corrected chi connectivity index (χ2v) is 7.06. The number of urea groups is 1. The zero-order chi connectivity index (χ0) is 17.2. The fourth-order valence-electron chi connectivity index (χ4n) is 3.36. The first kappa shape index (κ1) is 16.1. The van der Waals surface area contributed by atoms with E-state index in [-0.39, 0.29) is 18.0 Å². The maximum Gasteiger partial charge on any atom is 0.317 e. The van der Waals surface area contributed by atoms with E-state index in [2.05, 4.69) is 25.5 Å². The van der Waals surface area contributed by atoms with E-state index in [0.29, 0.717) is 12.5 Å². The molecule has 1 saturated carbocycles. The van der Waals surface area contributed by atoms with Crippen molar-refractivity contribution in [1.82, 2.24) is 30.4 Å². The van der Waals surface area contributed by atoms with Gasteiger partial charge in [0.15, 0.2) is 5.82 Å². The van der Waals surface area contributed by atoms with Gasteiger partial charge in [-0.3, -0.25) is 10.1 Å². The van der Waals surface area contributed by atoms with Gasteiger partial charge in [0.1, 0.15) is 5.82 Å². The number of hydrogen-bond donors (Lipinski definition) is 2. The number of nitrogens with one attached hydrogen (secondary N) is 2. The third kappa shape index (κ3) is 3.65. The van der Waals surface area contributed by atoms with Gasteiger partial charge in [-0.25, -0.2) is 9.78 Å². The lowest BCUT2D eigenvalue weighted by atomic mass is 9.97. The molecule has 132 valence electrons. The summed E-state index contributed by atoms with van der Waals surface area (Å²) in [6.07, 6.45) is 6.17. The Morgan fingerprint density at radius 2 is 2.20 bits per heavy atom. The predicted molar refractivity (Wildman–Crippen MR) is 93.1 cm³/mol. The quantitative estimate of drug-likeness (QED) is 0.896. The molecular weight excluding hydrogens is 316 g/mol. The average molecular weight is 340 g/mol. The Morgan fingerprint density at radius 1 is 1.32 bits per heavy atom. The zero-order valence-electron chi connectivity index (χ0n) is 14.5. The van der Waals surface area contributed by atoms with Crippen LogP contribution in [0.4, 0.5) is 4.79 Å². The van der Waals surface area contributed by atoms with Gasteiger partial charge in [-0.1, -0.05) is 6.07 Å². The van der Waals surface area contributed by atoms with Crippen molar-refractivity contribution >= 4 is 6.03 Å². The molecule has 25 heavy (non-hydrogen) atoms. The predicted octanol–water partition coefficient (Wildman–Crippen LogP) is 2.73. The van der Waals surface area contributed by atoms with E-state index < -0.39 is 0 Å². The molecule has 2 unspecified atom stereocenters. The molecule has 0 aromatic carbocycles. The SMILES string of the molecule is CC(NC(=O)N1CCCC(c2n[nH]c(C3CC3)n2)C1)c1ccccn1. The fourth-order valence-corrected chi connectivity index (χ4v) is 3.36. The Balaban J connectivity index is 1.37. The minimum absolute atomic E-state index is 0.0409. The number of nitrogens with zero attached hydrogens (tertiary/aromatic N) is 4. The molecule has 0 spiro atoms. The molecule has 0 bridgehead atoms. The molecule has 7 nitrogen and oxygen atoms in total. The van der Waals surface area contributed by atoms with Gasteiger partial charge in [-0.15, -0.1) is 0 Å². The maximum absolute atomic E-state index is 12.6. The van der Waals surface area contributed by atoms with Crippen LogP contribution in [0.2, 0.25) is 0 Å². The van der Waals surface area contributed by atoms with E-state index in [1.807, 2.05) is 30.0 Å². The van der Waals surface area contributed by atoms with Crippen LogP contribution in [0.15, 0.2) is 24.4 Å². The second-order valence-electron chi connectivity index (χ2n) is 7.06. The number of pyridine rings is 1. The van der Waals surface area contributed by atoms with Crippen molar-refractivity contribution in [3.63, 3.8) is 0 Å². The molecule has 2 aromatic rings. The summed E-state index contributed by atoms with van der Waals surface area (Å²) in [7, 11) is 0. The number of amides is 2. The van der Waals surface area contributed by atoms with Crippen LogP contribution in [0.5, 0.6) is 0 Å². The molecule has 2 atom stereocenters. The summed E-state index contributed by atoms with van der Waals surface area (Å²) in [4.78, 5) is 23.5. The summed E-state index contributed by atoms with van der Waals surface area (Å²) < 4.78 is 0. The first-order valence-electron chi connectivity index (χ1n) is 9.09. The number of aromatic nitrogens is 4. The molecule has 2 amide bonds.